The second-order valence-corrected chi connectivity index (χ2v) is 6.74. The van der Waals surface area contributed by atoms with Crippen LogP contribution in [0, 0.1) is 5.41 Å². The van der Waals surface area contributed by atoms with Crippen molar-refractivity contribution >= 4 is 6.09 Å². The quantitative estimate of drug-likeness (QED) is 0.723. The fourth-order valence-electron chi connectivity index (χ4n) is 3.03. The number of carbonyl (C=O) groups excluding carboxylic acids is 1. The van der Waals surface area contributed by atoms with E-state index in [0.717, 1.165) is 6.42 Å². The van der Waals surface area contributed by atoms with Crippen LogP contribution in [0.4, 0.5) is 9.18 Å². The Balaban J connectivity index is 1.95. The zero-order chi connectivity index (χ0) is 13.6. The second-order valence-electron chi connectivity index (χ2n) is 6.74. The molecule has 1 aliphatic carbocycles. The van der Waals surface area contributed by atoms with E-state index in [2.05, 4.69) is 0 Å². The molecule has 2 aliphatic rings. The molecule has 104 valence electrons. The number of halogens is 1. The number of nitrogens with two attached hydrogens (primary N) is 1. The maximum absolute atomic E-state index is 13.6. The number of ether oxygens (including phenoxy) is 1. The van der Waals surface area contributed by atoms with Gasteiger partial charge in [0.2, 0.25) is 0 Å². The maximum atomic E-state index is 13.6. The number of hydrogen-bond donors (Lipinski definition) is 1. The summed E-state index contributed by atoms with van der Waals surface area (Å²) in [4.78, 5) is 13.6. The molecule has 0 aromatic rings. The highest BCUT2D eigenvalue weighted by atomic mass is 19.1. The Hall–Kier alpha value is -0.840. The van der Waals surface area contributed by atoms with Gasteiger partial charge in [-0.25, -0.2) is 9.18 Å². The zero-order valence-electron chi connectivity index (χ0n) is 11.4. The fraction of sp³-hybridized carbons (Fsp3) is 0.923. The van der Waals surface area contributed by atoms with Gasteiger partial charge in [0.1, 0.15) is 11.8 Å². The first-order chi connectivity index (χ1) is 8.21. The van der Waals surface area contributed by atoms with Crippen LogP contribution in [-0.2, 0) is 4.74 Å². The van der Waals surface area contributed by atoms with Crippen molar-refractivity contribution in [2.24, 2.45) is 11.1 Å². The summed E-state index contributed by atoms with van der Waals surface area (Å²) in [6.45, 7) is 6.77. The molecule has 1 amide bonds. The molecule has 2 rings (SSSR count). The smallest absolute Gasteiger partial charge is 0.410 e. The molecule has 2 N–H and O–H groups in total. The van der Waals surface area contributed by atoms with Crippen LogP contribution in [0.2, 0.25) is 0 Å². The summed E-state index contributed by atoms with van der Waals surface area (Å²) in [6, 6.07) is -0.372. The first-order valence-electron chi connectivity index (χ1n) is 6.58. The summed E-state index contributed by atoms with van der Waals surface area (Å²) in [5.41, 5.74) is 5.15. The molecule has 1 saturated heterocycles. The number of rotatable bonds is 0. The van der Waals surface area contributed by atoms with E-state index in [1.54, 1.807) is 4.90 Å². The third kappa shape index (κ3) is 2.76. The Morgan fingerprint density at radius 3 is 2.61 bits per heavy atom. The van der Waals surface area contributed by atoms with Crippen molar-refractivity contribution in [3.05, 3.63) is 0 Å². The molecule has 3 atom stereocenters. The molecule has 0 aromatic heterocycles. The van der Waals surface area contributed by atoms with Crippen molar-refractivity contribution in [1.29, 1.82) is 0 Å². The molecule has 1 saturated carbocycles. The van der Waals surface area contributed by atoms with Crippen LogP contribution in [0.15, 0.2) is 0 Å². The summed E-state index contributed by atoms with van der Waals surface area (Å²) >= 11 is 0. The van der Waals surface area contributed by atoms with E-state index in [9.17, 15) is 9.18 Å². The van der Waals surface area contributed by atoms with Gasteiger partial charge in [0.25, 0.3) is 0 Å². The van der Waals surface area contributed by atoms with Crippen molar-refractivity contribution < 1.29 is 13.9 Å². The number of nitrogens with zero attached hydrogens (tertiary/aromatic N) is 1. The third-order valence-corrected chi connectivity index (χ3v) is 3.85. The van der Waals surface area contributed by atoms with Crippen LogP contribution in [0.25, 0.3) is 0 Å². The molecular formula is C13H23FN2O2. The normalized spacial score (nSPS) is 36.4. The zero-order valence-corrected chi connectivity index (χ0v) is 11.4. The minimum atomic E-state index is -0.927. The number of likely N-dealkylation sites (tertiary alicyclic amines) is 1. The van der Waals surface area contributed by atoms with Gasteiger partial charge in [0.05, 0.1) is 0 Å². The highest BCUT2D eigenvalue weighted by Crippen LogP contribution is 2.46. The number of carbonyl (C=O) groups is 1. The van der Waals surface area contributed by atoms with Crippen LogP contribution < -0.4 is 5.73 Å². The lowest BCUT2D eigenvalue weighted by atomic mass is 9.85. The highest BCUT2D eigenvalue weighted by molar-refractivity contribution is 5.68. The standard InChI is InChI=1S/C13H23FN2O2/c1-12(2,3)18-11(17)16-5-4-13(8-16)6-9(14)10(15)7-13/h9-10H,4-8,15H2,1-3H3/t9-,10+,13?/m0/s1. The highest BCUT2D eigenvalue weighted by Gasteiger charge is 2.49. The fourth-order valence-corrected chi connectivity index (χ4v) is 3.03. The van der Waals surface area contributed by atoms with Gasteiger partial charge in [-0.15, -0.1) is 0 Å². The van der Waals surface area contributed by atoms with Crippen molar-refractivity contribution in [3.63, 3.8) is 0 Å². The molecule has 0 aromatic carbocycles. The number of alkyl halides is 1. The van der Waals surface area contributed by atoms with Gasteiger partial charge in [-0.3, -0.25) is 0 Å². The summed E-state index contributed by atoms with van der Waals surface area (Å²) < 4.78 is 18.9. The van der Waals surface area contributed by atoms with Gasteiger partial charge in [-0.05, 0) is 45.4 Å². The molecule has 4 nitrogen and oxygen atoms in total. The van der Waals surface area contributed by atoms with Gasteiger partial charge in [-0.2, -0.15) is 0 Å². The van der Waals surface area contributed by atoms with Crippen LogP contribution in [0.5, 0.6) is 0 Å². The minimum absolute atomic E-state index is 0.115. The van der Waals surface area contributed by atoms with Gasteiger partial charge < -0.3 is 15.4 Å². The number of amides is 1. The van der Waals surface area contributed by atoms with Crippen LogP contribution in [0.1, 0.15) is 40.0 Å². The van der Waals surface area contributed by atoms with Crippen LogP contribution >= 0.6 is 0 Å². The Morgan fingerprint density at radius 2 is 2.11 bits per heavy atom. The average molecular weight is 258 g/mol. The van der Waals surface area contributed by atoms with E-state index in [0.29, 0.717) is 25.9 Å². The van der Waals surface area contributed by atoms with E-state index >= 15 is 0 Å². The minimum Gasteiger partial charge on any atom is -0.444 e. The summed E-state index contributed by atoms with van der Waals surface area (Å²) in [6.07, 6.45) is 0.764. The summed E-state index contributed by atoms with van der Waals surface area (Å²) in [7, 11) is 0. The Labute approximate surface area is 108 Å². The first-order valence-corrected chi connectivity index (χ1v) is 6.58. The van der Waals surface area contributed by atoms with Crippen molar-refractivity contribution in [2.75, 3.05) is 13.1 Å². The Morgan fingerprint density at radius 1 is 1.44 bits per heavy atom. The molecule has 0 radical (unpaired) electrons. The lowest BCUT2D eigenvalue weighted by Gasteiger charge is -2.26. The van der Waals surface area contributed by atoms with Gasteiger partial charge in [0.15, 0.2) is 0 Å². The predicted molar refractivity (Wildman–Crippen MR) is 67.0 cm³/mol. The topological polar surface area (TPSA) is 55.6 Å². The van der Waals surface area contributed by atoms with Crippen molar-refractivity contribution in [3.8, 4) is 0 Å². The third-order valence-electron chi connectivity index (χ3n) is 3.85. The van der Waals surface area contributed by atoms with Gasteiger partial charge in [-0.1, -0.05) is 0 Å². The van der Waals surface area contributed by atoms with Gasteiger partial charge in [0, 0.05) is 19.1 Å². The lowest BCUT2D eigenvalue weighted by Crippen LogP contribution is -2.36. The summed E-state index contributed by atoms with van der Waals surface area (Å²) in [5.74, 6) is 0. The van der Waals surface area contributed by atoms with E-state index in [4.69, 9.17) is 10.5 Å². The van der Waals surface area contributed by atoms with Crippen LogP contribution in [0.3, 0.4) is 0 Å². The Kier molecular flexibility index (Phi) is 3.30. The molecule has 1 aliphatic heterocycles. The average Bonchev–Trinajstić information content (AvgIpc) is 2.70. The van der Waals surface area contributed by atoms with E-state index < -0.39 is 11.8 Å². The van der Waals surface area contributed by atoms with E-state index in [-0.39, 0.29) is 17.6 Å². The molecule has 1 spiro atoms. The Bertz CT molecular complexity index is 330. The predicted octanol–water partition coefficient (Wildman–Crippen LogP) is 2.07. The van der Waals surface area contributed by atoms with Gasteiger partial charge >= 0.3 is 6.09 Å². The molecular weight excluding hydrogens is 235 g/mol. The largest absolute Gasteiger partial charge is 0.444 e. The second kappa shape index (κ2) is 4.37. The first kappa shape index (κ1) is 13.6. The SMILES string of the molecule is CC(C)(C)OC(=O)N1CCC2(C[C@@H](N)[C@@H](F)C2)C1. The van der Waals surface area contributed by atoms with Crippen molar-refractivity contribution in [2.45, 2.75) is 57.8 Å². The summed E-state index contributed by atoms with van der Waals surface area (Å²) in [5, 5.41) is 0. The molecule has 18 heavy (non-hydrogen) atoms. The number of hydrogen-bond acceptors (Lipinski definition) is 3. The van der Waals surface area contributed by atoms with E-state index in [1.165, 1.54) is 0 Å². The molecule has 1 unspecified atom stereocenters. The van der Waals surface area contributed by atoms with E-state index in [1.807, 2.05) is 20.8 Å². The molecule has 0 bridgehead atoms. The molecule has 2 fully saturated rings. The lowest BCUT2D eigenvalue weighted by molar-refractivity contribution is 0.0272. The monoisotopic (exact) mass is 258 g/mol. The molecule has 5 heteroatoms. The maximum Gasteiger partial charge on any atom is 0.410 e. The van der Waals surface area contributed by atoms with Crippen LogP contribution in [-0.4, -0.2) is 41.9 Å². The molecule has 1 heterocycles. The van der Waals surface area contributed by atoms with Crippen molar-refractivity contribution in [1.82, 2.24) is 4.90 Å².